The third-order valence-corrected chi connectivity index (χ3v) is 9.02. The zero-order valence-electron chi connectivity index (χ0n) is 25.4. The SMILES string of the molecule is CCCCC1=CC[C-]=C1C.Cc1ccccc1P[c-]1ccc2ccccc21.[Ti+2].c1ccc(CCc2ccccc2)cc1. The molecule has 0 bridgehead atoms. The molecule has 1 unspecified atom stereocenters. The number of aryl methyl sites for hydroxylation is 3. The van der Waals surface area contributed by atoms with Gasteiger partial charge in [0.2, 0.25) is 0 Å². The van der Waals surface area contributed by atoms with Crippen LogP contribution >= 0.6 is 8.58 Å². The number of unbranched alkanes of at least 4 members (excludes halogenated alkanes) is 1. The molecule has 5 aromatic rings. The minimum Gasteiger partial charge on any atom is -0.269 e. The molecule has 1 atom stereocenters. The van der Waals surface area contributed by atoms with Gasteiger partial charge in [-0.2, -0.15) is 17.7 Å². The van der Waals surface area contributed by atoms with Crippen molar-refractivity contribution in [3.8, 4) is 0 Å². The molecular weight excluding hydrogens is 559 g/mol. The molecule has 5 aromatic carbocycles. The quantitative estimate of drug-likeness (QED) is 0.0942. The summed E-state index contributed by atoms with van der Waals surface area (Å²) in [6, 6.07) is 43.0. The number of fused-ring (bicyclic) bond motifs is 1. The molecule has 0 N–H and O–H groups in total. The summed E-state index contributed by atoms with van der Waals surface area (Å²) in [5.41, 5.74) is 7.12. The molecule has 2 heteroatoms. The summed E-state index contributed by atoms with van der Waals surface area (Å²) in [6.45, 7) is 6.58. The van der Waals surface area contributed by atoms with E-state index in [4.69, 9.17) is 0 Å². The van der Waals surface area contributed by atoms with Gasteiger partial charge in [0.1, 0.15) is 0 Å². The number of rotatable bonds is 8. The third kappa shape index (κ3) is 10.7. The summed E-state index contributed by atoms with van der Waals surface area (Å²) >= 11 is 0. The molecule has 0 nitrogen and oxygen atoms in total. The van der Waals surface area contributed by atoms with Crippen molar-refractivity contribution in [2.75, 3.05) is 0 Å². The van der Waals surface area contributed by atoms with Crippen LogP contribution in [0.15, 0.2) is 139 Å². The summed E-state index contributed by atoms with van der Waals surface area (Å²) < 4.78 is 0. The zero-order chi connectivity index (χ0) is 28.7. The fraction of sp³-hybridized carbons (Fsp3) is 0.225. The van der Waals surface area contributed by atoms with Gasteiger partial charge in [-0.05, 0) is 41.8 Å². The van der Waals surface area contributed by atoms with Gasteiger partial charge in [0.15, 0.2) is 0 Å². The summed E-state index contributed by atoms with van der Waals surface area (Å²) in [7, 11) is 0.754. The minimum atomic E-state index is 0. The van der Waals surface area contributed by atoms with Crippen molar-refractivity contribution in [2.24, 2.45) is 0 Å². The maximum atomic E-state index is 3.30. The van der Waals surface area contributed by atoms with E-state index < -0.39 is 0 Å². The van der Waals surface area contributed by atoms with Gasteiger partial charge in [-0.25, -0.2) is 5.57 Å². The monoisotopic (exact) mass is 602 g/mol. The van der Waals surface area contributed by atoms with Crippen LogP contribution in [0.2, 0.25) is 0 Å². The molecule has 42 heavy (non-hydrogen) atoms. The van der Waals surface area contributed by atoms with Crippen molar-refractivity contribution in [3.05, 3.63) is 161 Å². The largest absolute Gasteiger partial charge is 2.00 e. The van der Waals surface area contributed by atoms with Gasteiger partial charge in [0.05, 0.1) is 0 Å². The first-order valence-electron chi connectivity index (χ1n) is 15.0. The summed E-state index contributed by atoms with van der Waals surface area (Å²) in [6.07, 6.45) is 12.8. The fourth-order valence-corrected chi connectivity index (χ4v) is 6.23. The second-order valence-corrected chi connectivity index (χ2v) is 11.9. The van der Waals surface area contributed by atoms with Crippen molar-refractivity contribution in [2.45, 2.75) is 59.3 Å². The molecular formula is C40H43PTi. The maximum absolute atomic E-state index is 3.30. The second-order valence-electron chi connectivity index (χ2n) is 10.6. The van der Waals surface area contributed by atoms with E-state index in [1.165, 1.54) is 68.5 Å². The molecule has 1 aliphatic carbocycles. The fourth-order valence-electron chi connectivity index (χ4n) is 4.95. The Labute approximate surface area is 271 Å². The molecule has 0 heterocycles. The Hall–Kier alpha value is -2.89. The second kappa shape index (κ2) is 18.6. The zero-order valence-corrected chi connectivity index (χ0v) is 27.9. The normalized spacial score (nSPS) is 12.1. The Morgan fingerprint density at radius 2 is 1.29 bits per heavy atom. The van der Waals surface area contributed by atoms with Crippen molar-refractivity contribution in [1.29, 1.82) is 0 Å². The van der Waals surface area contributed by atoms with Crippen LogP contribution in [0.25, 0.3) is 10.8 Å². The van der Waals surface area contributed by atoms with Crippen LogP contribution in [0, 0.1) is 13.0 Å². The van der Waals surface area contributed by atoms with Gasteiger partial charge < -0.3 is 0 Å². The van der Waals surface area contributed by atoms with E-state index in [0.717, 1.165) is 27.8 Å². The Morgan fingerprint density at radius 3 is 1.88 bits per heavy atom. The average Bonchev–Trinajstić information content (AvgIpc) is 3.63. The summed E-state index contributed by atoms with van der Waals surface area (Å²) in [5, 5.41) is 5.65. The topological polar surface area (TPSA) is 0 Å². The molecule has 0 saturated heterocycles. The predicted molar refractivity (Wildman–Crippen MR) is 183 cm³/mol. The average molecular weight is 603 g/mol. The first kappa shape index (κ1) is 33.6. The third-order valence-electron chi connectivity index (χ3n) is 7.48. The van der Waals surface area contributed by atoms with Crippen molar-refractivity contribution >= 4 is 30.0 Å². The van der Waals surface area contributed by atoms with Crippen molar-refractivity contribution < 1.29 is 21.7 Å². The molecule has 0 fully saturated rings. The molecule has 6 rings (SSSR count). The van der Waals surface area contributed by atoms with E-state index in [0.29, 0.717) is 0 Å². The molecule has 212 valence electrons. The van der Waals surface area contributed by atoms with Crippen LogP contribution < -0.4 is 10.6 Å². The number of hydrogen-bond acceptors (Lipinski definition) is 0. The summed E-state index contributed by atoms with van der Waals surface area (Å²) in [5.74, 6) is 0. The molecule has 0 aliphatic heterocycles. The van der Waals surface area contributed by atoms with Crippen LogP contribution in [0.4, 0.5) is 0 Å². The van der Waals surface area contributed by atoms with Crippen molar-refractivity contribution in [3.63, 3.8) is 0 Å². The van der Waals surface area contributed by atoms with E-state index in [9.17, 15) is 0 Å². The summed E-state index contributed by atoms with van der Waals surface area (Å²) in [4.78, 5) is 0. The first-order chi connectivity index (χ1) is 20.1. The Morgan fingerprint density at radius 1 is 0.690 bits per heavy atom. The first-order valence-corrected chi connectivity index (χ1v) is 16.0. The molecule has 0 spiro atoms. The predicted octanol–water partition coefficient (Wildman–Crippen LogP) is 10.2. The number of allylic oxidation sites excluding steroid dienone is 4. The standard InChI is InChI=1S/C16H14P.C14H14.C10H15.Ti/c1-12-6-2-5-9-15(12)17-16-11-10-13-7-3-4-8-14(13)16;1-3-7-13(8-4-1)11-12-14-9-5-2-6-10-14;1-3-4-7-10-8-5-6-9(10)2;/h2-11,17H,1H3;1-10H,11-12H2;8H,3-5,7H2,1-2H3;/q-1;;-1;+2. The van der Waals surface area contributed by atoms with Crippen molar-refractivity contribution in [1.82, 2.24) is 0 Å². The van der Waals surface area contributed by atoms with Gasteiger partial charge in [-0.3, -0.25) is 6.08 Å². The van der Waals surface area contributed by atoms with E-state index in [2.05, 4.69) is 154 Å². The van der Waals surface area contributed by atoms with Gasteiger partial charge >= 0.3 is 21.7 Å². The smallest absolute Gasteiger partial charge is 0.269 e. The Bertz CT molecular complexity index is 1490. The van der Waals surface area contributed by atoms with E-state index in [1.54, 1.807) is 0 Å². The Kier molecular flexibility index (Phi) is 14.9. The molecule has 0 saturated carbocycles. The van der Waals surface area contributed by atoms with Gasteiger partial charge in [0.25, 0.3) is 0 Å². The van der Waals surface area contributed by atoms with E-state index in [1.807, 2.05) is 0 Å². The molecule has 0 amide bonds. The molecule has 1 aliphatic rings. The number of hydrogen-bond donors (Lipinski definition) is 0. The van der Waals surface area contributed by atoms with Gasteiger partial charge in [-0.15, -0.1) is 55.3 Å². The van der Waals surface area contributed by atoms with Crippen LogP contribution in [-0.2, 0) is 34.6 Å². The van der Waals surface area contributed by atoms with E-state index >= 15 is 0 Å². The number of benzene rings is 4. The van der Waals surface area contributed by atoms with Crippen LogP contribution in [0.1, 0.15) is 56.2 Å². The van der Waals surface area contributed by atoms with E-state index in [-0.39, 0.29) is 21.7 Å². The van der Waals surface area contributed by atoms with Gasteiger partial charge in [0, 0.05) is 0 Å². The maximum Gasteiger partial charge on any atom is 2.00 e. The molecule has 0 aromatic heterocycles. The van der Waals surface area contributed by atoms with Crippen LogP contribution in [0.3, 0.4) is 0 Å². The van der Waals surface area contributed by atoms with Gasteiger partial charge in [-0.1, -0.05) is 124 Å². The molecule has 0 radical (unpaired) electrons. The Balaban J connectivity index is 0.000000177. The minimum absolute atomic E-state index is 0. The van der Waals surface area contributed by atoms with Crippen LogP contribution in [0.5, 0.6) is 0 Å². The van der Waals surface area contributed by atoms with Crippen LogP contribution in [-0.4, -0.2) is 0 Å².